The Morgan fingerprint density at radius 1 is 1.70 bits per heavy atom. The van der Waals surface area contributed by atoms with Crippen LogP contribution in [0.3, 0.4) is 0 Å². The van der Waals surface area contributed by atoms with Gasteiger partial charge in [0.1, 0.15) is 0 Å². The van der Waals surface area contributed by atoms with Crippen molar-refractivity contribution in [2.24, 2.45) is 0 Å². The highest BCUT2D eigenvalue weighted by atomic mass is 16.5. The Morgan fingerprint density at radius 3 is 2.90 bits per heavy atom. The second kappa shape index (κ2) is 2.66. The first-order valence-electron chi connectivity index (χ1n) is 3.03. The normalized spacial score (nSPS) is 9.80. The van der Waals surface area contributed by atoms with Crippen molar-refractivity contribution in [3.05, 3.63) is 34.8 Å². The molecular formula is C7H9NO2. The maximum atomic E-state index is 10.7. The average molecular weight is 139 g/mol. The molecule has 0 aliphatic carbocycles. The number of hydrogen-bond donors (Lipinski definition) is 1. The van der Waals surface area contributed by atoms with Gasteiger partial charge in [0.25, 0.3) is 0 Å². The number of rotatable bonds is 1. The van der Waals surface area contributed by atoms with Crippen molar-refractivity contribution in [1.29, 1.82) is 0 Å². The molecule has 0 aromatic carbocycles. The van der Waals surface area contributed by atoms with E-state index in [1.54, 1.807) is 19.1 Å². The van der Waals surface area contributed by atoms with Crippen molar-refractivity contribution in [2.45, 2.75) is 13.5 Å². The molecule has 0 aliphatic rings. The van der Waals surface area contributed by atoms with Crippen LogP contribution in [0.4, 0.5) is 0 Å². The molecule has 0 aliphatic heterocycles. The summed E-state index contributed by atoms with van der Waals surface area (Å²) in [7, 11) is 0. The van der Waals surface area contributed by atoms with Crippen LogP contribution in [0.5, 0.6) is 0 Å². The largest absolute Gasteiger partial charge is 0.619 e. The van der Waals surface area contributed by atoms with E-state index in [9.17, 15) is 5.21 Å². The lowest BCUT2D eigenvalue weighted by molar-refractivity contribution is -0.612. The molecule has 0 unspecified atom stereocenters. The SMILES string of the molecule is Cc1cc(CO)cc[n+]1[O-]. The van der Waals surface area contributed by atoms with Gasteiger partial charge < -0.3 is 10.3 Å². The predicted molar refractivity (Wildman–Crippen MR) is 36.1 cm³/mol. The molecule has 54 valence electrons. The summed E-state index contributed by atoms with van der Waals surface area (Å²) in [6.45, 7) is 1.69. The molecule has 1 aromatic heterocycles. The molecule has 0 radical (unpaired) electrons. The number of aliphatic hydroxyl groups excluding tert-OH is 1. The molecule has 0 spiro atoms. The van der Waals surface area contributed by atoms with Gasteiger partial charge >= 0.3 is 0 Å². The molecule has 0 saturated heterocycles. The lowest BCUT2D eigenvalue weighted by Crippen LogP contribution is -2.29. The van der Waals surface area contributed by atoms with E-state index in [2.05, 4.69) is 0 Å². The highest BCUT2D eigenvalue weighted by molar-refractivity contribution is 5.10. The molecule has 0 amide bonds. The van der Waals surface area contributed by atoms with Gasteiger partial charge in [0, 0.05) is 19.1 Å². The van der Waals surface area contributed by atoms with Crippen LogP contribution in [0.25, 0.3) is 0 Å². The van der Waals surface area contributed by atoms with E-state index in [1.807, 2.05) is 0 Å². The quantitative estimate of drug-likeness (QED) is 0.443. The average Bonchev–Trinajstić information content (AvgIpc) is 1.95. The Hall–Kier alpha value is -1.09. The molecule has 3 nitrogen and oxygen atoms in total. The third-order valence-corrected chi connectivity index (χ3v) is 1.35. The molecule has 3 heteroatoms. The Balaban J connectivity index is 3.04. The van der Waals surface area contributed by atoms with Gasteiger partial charge in [-0.15, -0.1) is 0 Å². The lowest BCUT2D eigenvalue weighted by Gasteiger charge is -2.00. The maximum Gasteiger partial charge on any atom is 0.190 e. The predicted octanol–water partition coefficient (Wildman–Crippen LogP) is 0.121. The Labute approximate surface area is 59.1 Å². The Kier molecular flexibility index (Phi) is 1.87. The van der Waals surface area contributed by atoms with Crippen LogP contribution < -0.4 is 4.73 Å². The fourth-order valence-corrected chi connectivity index (χ4v) is 0.759. The minimum absolute atomic E-state index is 0.0122. The molecule has 10 heavy (non-hydrogen) atoms. The van der Waals surface area contributed by atoms with Gasteiger partial charge in [-0.25, -0.2) is 0 Å². The lowest BCUT2D eigenvalue weighted by atomic mass is 10.2. The number of aromatic nitrogens is 1. The molecule has 1 N–H and O–H groups in total. The Morgan fingerprint density at radius 2 is 2.40 bits per heavy atom. The maximum absolute atomic E-state index is 10.7. The van der Waals surface area contributed by atoms with E-state index in [-0.39, 0.29) is 6.61 Å². The minimum Gasteiger partial charge on any atom is -0.619 e. The summed E-state index contributed by atoms with van der Waals surface area (Å²) in [4.78, 5) is 0. The highest BCUT2D eigenvalue weighted by Crippen LogP contribution is 1.97. The summed E-state index contributed by atoms with van der Waals surface area (Å²) in [6, 6.07) is 3.26. The fraction of sp³-hybridized carbons (Fsp3) is 0.286. The van der Waals surface area contributed by atoms with Crippen molar-refractivity contribution in [1.82, 2.24) is 0 Å². The van der Waals surface area contributed by atoms with Gasteiger partial charge in [0.05, 0.1) is 6.61 Å². The van der Waals surface area contributed by atoms with Crippen LogP contribution in [-0.2, 0) is 6.61 Å². The summed E-state index contributed by atoms with van der Waals surface area (Å²) < 4.78 is 0.763. The van der Waals surface area contributed by atoms with Crippen molar-refractivity contribution >= 4 is 0 Å². The van der Waals surface area contributed by atoms with Crippen molar-refractivity contribution in [2.75, 3.05) is 0 Å². The molecule has 0 fully saturated rings. The minimum atomic E-state index is -0.0122. The monoisotopic (exact) mass is 139 g/mol. The summed E-state index contributed by atoms with van der Waals surface area (Å²) >= 11 is 0. The molecule has 0 bridgehead atoms. The van der Waals surface area contributed by atoms with Crippen molar-refractivity contribution in [3.8, 4) is 0 Å². The summed E-state index contributed by atoms with van der Waals surface area (Å²) in [5.41, 5.74) is 1.37. The summed E-state index contributed by atoms with van der Waals surface area (Å²) in [5.74, 6) is 0. The van der Waals surface area contributed by atoms with Crippen LogP contribution in [-0.4, -0.2) is 5.11 Å². The zero-order valence-electron chi connectivity index (χ0n) is 5.74. The van der Waals surface area contributed by atoms with E-state index < -0.39 is 0 Å². The van der Waals surface area contributed by atoms with Gasteiger partial charge in [-0.1, -0.05) is 0 Å². The Bertz CT molecular complexity index is 235. The van der Waals surface area contributed by atoms with Crippen LogP contribution in [0.15, 0.2) is 18.3 Å². The van der Waals surface area contributed by atoms with Crippen LogP contribution >= 0.6 is 0 Å². The van der Waals surface area contributed by atoms with Crippen molar-refractivity contribution < 1.29 is 9.84 Å². The zero-order valence-corrected chi connectivity index (χ0v) is 5.74. The third-order valence-electron chi connectivity index (χ3n) is 1.35. The zero-order chi connectivity index (χ0) is 7.56. The topological polar surface area (TPSA) is 47.2 Å². The number of aryl methyl sites for hydroxylation is 1. The van der Waals surface area contributed by atoms with Crippen LogP contribution in [0, 0.1) is 12.1 Å². The highest BCUT2D eigenvalue weighted by Gasteiger charge is 1.98. The first kappa shape index (κ1) is 7.02. The molecule has 1 heterocycles. The summed E-state index contributed by atoms with van der Waals surface area (Å²) in [6.07, 6.45) is 1.39. The standard InChI is InChI=1S/C7H9NO2/c1-6-4-7(5-9)2-3-8(6)10/h2-4,9H,5H2,1H3. The van der Waals surface area contributed by atoms with Crippen LogP contribution in [0.2, 0.25) is 0 Å². The summed E-state index contributed by atoms with van der Waals surface area (Å²) in [5, 5.41) is 19.4. The third kappa shape index (κ3) is 1.25. The molecule has 1 aromatic rings. The van der Waals surface area contributed by atoms with E-state index in [0.717, 1.165) is 10.3 Å². The van der Waals surface area contributed by atoms with E-state index in [4.69, 9.17) is 5.11 Å². The molecular weight excluding hydrogens is 130 g/mol. The number of nitrogens with zero attached hydrogens (tertiary/aromatic N) is 1. The van der Waals surface area contributed by atoms with Gasteiger partial charge in [-0.05, 0) is 5.56 Å². The van der Waals surface area contributed by atoms with Gasteiger partial charge in [0.2, 0.25) is 0 Å². The first-order chi connectivity index (χ1) is 4.74. The van der Waals surface area contributed by atoms with Crippen LogP contribution in [0.1, 0.15) is 11.3 Å². The molecule has 1 rings (SSSR count). The van der Waals surface area contributed by atoms with E-state index >= 15 is 0 Å². The van der Waals surface area contributed by atoms with Crippen molar-refractivity contribution in [3.63, 3.8) is 0 Å². The first-order valence-corrected chi connectivity index (χ1v) is 3.03. The smallest absolute Gasteiger partial charge is 0.190 e. The number of pyridine rings is 1. The second-order valence-electron chi connectivity index (χ2n) is 2.16. The number of hydrogen-bond acceptors (Lipinski definition) is 2. The van der Waals surface area contributed by atoms with Gasteiger partial charge in [-0.3, -0.25) is 0 Å². The fourth-order valence-electron chi connectivity index (χ4n) is 0.759. The van der Waals surface area contributed by atoms with Gasteiger partial charge in [0.15, 0.2) is 11.9 Å². The van der Waals surface area contributed by atoms with E-state index in [0.29, 0.717) is 5.69 Å². The number of aliphatic hydroxyl groups is 1. The molecule has 0 saturated carbocycles. The van der Waals surface area contributed by atoms with E-state index in [1.165, 1.54) is 6.20 Å². The second-order valence-corrected chi connectivity index (χ2v) is 2.16. The molecule has 0 atom stereocenters. The van der Waals surface area contributed by atoms with Gasteiger partial charge in [-0.2, -0.15) is 4.73 Å².